The first-order valence-electron chi connectivity index (χ1n) is 7.78. The fourth-order valence-electron chi connectivity index (χ4n) is 2.35. The summed E-state index contributed by atoms with van der Waals surface area (Å²) < 4.78 is 49.5. The van der Waals surface area contributed by atoms with E-state index < -0.39 is 24.0 Å². The van der Waals surface area contributed by atoms with Crippen molar-refractivity contribution in [3.63, 3.8) is 0 Å². The summed E-state index contributed by atoms with van der Waals surface area (Å²) in [6.07, 6.45) is -4.72. The molecule has 10 heteroatoms. The number of ether oxygens (including phenoxy) is 1. The molecule has 7 nitrogen and oxygen atoms in total. The first kappa shape index (κ1) is 17.8. The van der Waals surface area contributed by atoms with Crippen molar-refractivity contribution in [3.8, 4) is 5.75 Å². The van der Waals surface area contributed by atoms with Crippen molar-refractivity contribution >= 4 is 22.9 Å². The Hall–Kier alpha value is -3.04. The zero-order valence-corrected chi connectivity index (χ0v) is 14.0. The molecule has 0 aliphatic heterocycles. The second-order valence-corrected chi connectivity index (χ2v) is 5.49. The highest BCUT2D eigenvalue weighted by atomic mass is 19.4. The number of fused-ring (bicyclic) bond motifs is 1. The van der Waals surface area contributed by atoms with Crippen LogP contribution in [0.25, 0.3) is 11.0 Å². The molecule has 0 aliphatic rings. The summed E-state index contributed by atoms with van der Waals surface area (Å²) >= 11 is 0. The van der Waals surface area contributed by atoms with Crippen molar-refractivity contribution in [1.29, 1.82) is 0 Å². The Morgan fingerprint density at radius 2 is 2.00 bits per heavy atom. The van der Waals surface area contributed by atoms with Gasteiger partial charge in [-0.1, -0.05) is 0 Å². The number of nitrogens with zero attached hydrogens (tertiary/aromatic N) is 3. The van der Waals surface area contributed by atoms with Crippen LogP contribution in [0.15, 0.2) is 28.7 Å². The van der Waals surface area contributed by atoms with E-state index in [2.05, 4.69) is 20.3 Å². The van der Waals surface area contributed by atoms with Gasteiger partial charge in [0.2, 0.25) is 17.7 Å². The van der Waals surface area contributed by atoms with E-state index in [1.54, 1.807) is 19.1 Å². The van der Waals surface area contributed by atoms with Crippen LogP contribution in [0.2, 0.25) is 0 Å². The summed E-state index contributed by atoms with van der Waals surface area (Å²) in [6.45, 7) is 4.10. The molecule has 0 radical (unpaired) electrons. The second-order valence-electron chi connectivity index (χ2n) is 5.49. The summed E-state index contributed by atoms with van der Waals surface area (Å²) in [5.74, 6) is -0.991. The molecule has 0 saturated carbocycles. The lowest BCUT2D eigenvalue weighted by Gasteiger charge is -2.13. The van der Waals surface area contributed by atoms with Crippen molar-refractivity contribution in [2.24, 2.45) is 0 Å². The van der Waals surface area contributed by atoms with Crippen LogP contribution in [0.3, 0.4) is 0 Å². The third kappa shape index (κ3) is 3.79. The number of nitrogens with two attached hydrogens (primary N) is 1. The topological polar surface area (TPSA) is 99.1 Å². The van der Waals surface area contributed by atoms with E-state index in [0.29, 0.717) is 23.7 Å². The molecule has 2 aromatic heterocycles. The number of anilines is 2. The molecule has 1 unspecified atom stereocenters. The zero-order chi connectivity index (χ0) is 18.9. The molecule has 0 amide bonds. The SMILES string of the molecule is CCOc1ccc2cc(C(C)Nc3nc(N)nc(C(F)(F)F)n3)oc2c1. The Kier molecular flexibility index (Phi) is 4.58. The minimum absolute atomic E-state index is 0.284. The van der Waals surface area contributed by atoms with Crippen LogP contribution < -0.4 is 15.8 Å². The van der Waals surface area contributed by atoms with E-state index in [1.807, 2.05) is 19.1 Å². The van der Waals surface area contributed by atoms with E-state index in [9.17, 15) is 13.2 Å². The van der Waals surface area contributed by atoms with Gasteiger partial charge >= 0.3 is 6.18 Å². The molecular formula is C16H16F3N5O2. The lowest BCUT2D eigenvalue weighted by molar-refractivity contribution is -0.144. The highest BCUT2D eigenvalue weighted by molar-refractivity contribution is 5.79. The van der Waals surface area contributed by atoms with E-state index in [4.69, 9.17) is 14.9 Å². The smallest absolute Gasteiger partial charge is 0.451 e. The van der Waals surface area contributed by atoms with Gasteiger partial charge in [-0.25, -0.2) is 0 Å². The standard InChI is InChI=1S/C16H16F3N5O2/c1-3-25-10-5-4-9-6-11(26-12(9)7-10)8(2)21-15-23-13(16(17,18)19)22-14(20)24-15/h4-8H,3H2,1-2H3,(H3,20,21,22,23,24). The zero-order valence-electron chi connectivity index (χ0n) is 14.0. The normalized spacial score (nSPS) is 13.0. The van der Waals surface area contributed by atoms with Gasteiger partial charge in [0.25, 0.3) is 0 Å². The van der Waals surface area contributed by atoms with Crippen molar-refractivity contribution in [2.45, 2.75) is 26.1 Å². The molecule has 138 valence electrons. The molecule has 0 fully saturated rings. The van der Waals surface area contributed by atoms with E-state index in [-0.39, 0.29) is 5.95 Å². The minimum Gasteiger partial charge on any atom is -0.494 e. The largest absolute Gasteiger partial charge is 0.494 e. The molecule has 2 heterocycles. The molecule has 0 aliphatic carbocycles. The lowest BCUT2D eigenvalue weighted by Crippen LogP contribution is -2.17. The Morgan fingerprint density at radius 3 is 2.69 bits per heavy atom. The molecule has 1 aromatic carbocycles. The molecule has 3 rings (SSSR count). The third-order valence-electron chi connectivity index (χ3n) is 3.50. The molecule has 3 aromatic rings. The summed E-state index contributed by atoms with van der Waals surface area (Å²) in [7, 11) is 0. The highest BCUT2D eigenvalue weighted by Gasteiger charge is 2.35. The molecule has 0 spiro atoms. The number of nitrogens with one attached hydrogen (secondary N) is 1. The average Bonchev–Trinajstić information content (AvgIpc) is 2.97. The van der Waals surface area contributed by atoms with Gasteiger partial charge in [0.1, 0.15) is 17.1 Å². The number of halogens is 3. The number of furan rings is 1. The van der Waals surface area contributed by atoms with Gasteiger partial charge in [-0.05, 0) is 32.0 Å². The summed E-state index contributed by atoms with van der Waals surface area (Å²) in [6, 6.07) is 6.67. The van der Waals surface area contributed by atoms with Gasteiger partial charge in [0, 0.05) is 11.5 Å². The average molecular weight is 367 g/mol. The van der Waals surface area contributed by atoms with Crippen LogP contribution >= 0.6 is 0 Å². The first-order valence-corrected chi connectivity index (χ1v) is 7.78. The Labute approximate surface area is 146 Å². The van der Waals surface area contributed by atoms with Gasteiger partial charge in [-0.3, -0.25) is 0 Å². The fourth-order valence-corrected chi connectivity index (χ4v) is 2.35. The predicted molar refractivity (Wildman–Crippen MR) is 88.7 cm³/mol. The van der Waals surface area contributed by atoms with Crippen molar-refractivity contribution < 1.29 is 22.3 Å². The van der Waals surface area contributed by atoms with Crippen LogP contribution in [-0.2, 0) is 6.18 Å². The number of hydrogen-bond acceptors (Lipinski definition) is 7. The molecule has 1 atom stereocenters. The lowest BCUT2D eigenvalue weighted by atomic mass is 10.2. The fraction of sp³-hybridized carbons (Fsp3) is 0.312. The number of nitrogen functional groups attached to an aromatic ring is 1. The summed E-state index contributed by atoms with van der Waals surface area (Å²) in [5, 5.41) is 3.58. The van der Waals surface area contributed by atoms with Gasteiger partial charge in [0.15, 0.2) is 0 Å². The molecular weight excluding hydrogens is 351 g/mol. The van der Waals surface area contributed by atoms with Crippen molar-refractivity contribution in [2.75, 3.05) is 17.7 Å². The van der Waals surface area contributed by atoms with Gasteiger partial charge in [0.05, 0.1) is 12.6 Å². The monoisotopic (exact) mass is 367 g/mol. The van der Waals surface area contributed by atoms with E-state index in [1.165, 1.54) is 0 Å². The third-order valence-corrected chi connectivity index (χ3v) is 3.50. The molecule has 0 bridgehead atoms. The van der Waals surface area contributed by atoms with E-state index in [0.717, 1.165) is 5.39 Å². The minimum atomic E-state index is -4.72. The van der Waals surface area contributed by atoms with Gasteiger partial charge < -0.3 is 20.2 Å². The molecule has 3 N–H and O–H groups in total. The number of benzene rings is 1. The van der Waals surface area contributed by atoms with Crippen LogP contribution in [-0.4, -0.2) is 21.6 Å². The van der Waals surface area contributed by atoms with Crippen LogP contribution in [0.5, 0.6) is 5.75 Å². The Balaban J connectivity index is 1.85. The maximum Gasteiger partial charge on any atom is 0.451 e. The number of alkyl halides is 3. The van der Waals surface area contributed by atoms with Crippen molar-refractivity contribution in [3.05, 3.63) is 35.9 Å². The van der Waals surface area contributed by atoms with Crippen LogP contribution in [0.1, 0.15) is 31.5 Å². The Morgan fingerprint density at radius 1 is 1.23 bits per heavy atom. The number of rotatable bonds is 5. The van der Waals surface area contributed by atoms with Crippen LogP contribution in [0, 0.1) is 0 Å². The highest BCUT2D eigenvalue weighted by Crippen LogP contribution is 2.30. The first-order chi connectivity index (χ1) is 12.3. The maximum atomic E-state index is 12.8. The maximum absolute atomic E-state index is 12.8. The van der Waals surface area contributed by atoms with E-state index >= 15 is 0 Å². The summed E-state index contributed by atoms with van der Waals surface area (Å²) in [4.78, 5) is 10.2. The number of hydrogen-bond donors (Lipinski definition) is 2. The van der Waals surface area contributed by atoms with Gasteiger partial charge in [-0.2, -0.15) is 28.1 Å². The van der Waals surface area contributed by atoms with Crippen molar-refractivity contribution in [1.82, 2.24) is 15.0 Å². The quantitative estimate of drug-likeness (QED) is 0.708. The number of aromatic nitrogens is 3. The Bertz CT molecular complexity index is 926. The second kappa shape index (κ2) is 6.70. The summed E-state index contributed by atoms with van der Waals surface area (Å²) in [5.41, 5.74) is 5.94. The predicted octanol–water partition coefficient (Wildman–Crippen LogP) is 3.79. The molecule has 26 heavy (non-hydrogen) atoms. The van der Waals surface area contributed by atoms with Gasteiger partial charge in [-0.15, -0.1) is 0 Å². The van der Waals surface area contributed by atoms with Crippen LogP contribution in [0.4, 0.5) is 25.1 Å². The molecule has 0 saturated heterocycles.